The number of nitrogens with zero attached hydrogens (tertiary/aromatic N) is 1. The molecule has 3 rings (SSSR count). The molecule has 0 aromatic heterocycles. The van der Waals surface area contributed by atoms with Gasteiger partial charge in [0.25, 0.3) is 0 Å². The summed E-state index contributed by atoms with van der Waals surface area (Å²) in [4.78, 5) is 14.9. The Bertz CT molecular complexity index is 733. The van der Waals surface area contributed by atoms with Gasteiger partial charge >= 0.3 is 0 Å². The number of rotatable bonds is 5. The molecule has 1 atom stereocenters. The van der Waals surface area contributed by atoms with Gasteiger partial charge in [-0.15, -0.1) is 0 Å². The van der Waals surface area contributed by atoms with Gasteiger partial charge in [-0.3, -0.25) is 9.69 Å². The van der Waals surface area contributed by atoms with Crippen LogP contribution in [-0.2, 0) is 4.79 Å². The highest BCUT2D eigenvalue weighted by molar-refractivity contribution is 9.10. The first-order chi connectivity index (χ1) is 12.7. The first kappa shape index (κ1) is 18.9. The lowest BCUT2D eigenvalue weighted by Crippen LogP contribution is -2.36. The van der Waals surface area contributed by atoms with E-state index in [-0.39, 0.29) is 11.9 Å². The van der Waals surface area contributed by atoms with Crippen LogP contribution < -0.4 is 10.1 Å². The van der Waals surface area contributed by atoms with Crippen molar-refractivity contribution >= 4 is 27.5 Å². The Morgan fingerprint density at radius 1 is 1.15 bits per heavy atom. The fourth-order valence-electron chi connectivity index (χ4n) is 3.50. The number of hydrogen-bond acceptors (Lipinski definition) is 3. The molecule has 0 saturated carbocycles. The first-order valence-corrected chi connectivity index (χ1v) is 9.89. The lowest BCUT2D eigenvalue weighted by atomic mass is 10.0. The molecule has 1 saturated heterocycles. The lowest BCUT2D eigenvalue weighted by molar-refractivity contribution is -0.117. The van der Waals surface area contributed by atoms with Gasteiger partial charge in [-0.1, -0.05) is 37.1 Å². The second-order valence-electron chi connectivity index (χ2n) is 6.64. The number of hydrogen-bond donors (Lipinski definition) is 1. The van der Waals surface area contributed by atoms with E-state index in [0.717, 1.165) is 35.3 Å². The number of carbonyl (C=O) groups is 1. The minimum Gasteiger partial charge on any atom is -0.497 e. The Kier molecular flexibility index (Phi) is 6.69. The number of methoxy groups -OCH3 is 1. The average Bonchev–Trinajstić information content (AvgIpc) is 2.89. The molecule has 1 heterocycles. The van der Waals surface area contributed by atoms with Crippen LogP contribution in [0.15, 0.2) is 53.0 Å². The molecule has 138 valence electrons. The molecule has 0 radical (unpaired) electrons. The van der Waals surface area contributed by atoms with Gasteiger partial charge < -0.3 is 10.1 Å². The Morgan fingerprint density at radius 2 is 1.92 bits per heavy atom. The SMILES string of the molecule is COc1ccc([C@H]2CCCCCN2CC(=O)Nc2ccccc2Br)cc1. The van der Waals surface area contributed by atoms with E-state index in [9.17, 15) is 4.79 Å². The van der Waals surface area contributed by atoms with Crippen LogP contribution in [0.25, 0.3) is 0 Å². The molecule has 0 spiro atoms. The highest BCUT2D eigenvalue weighted by Crippen LogP contribution is 2.31. The summed E-state index contributed by atoms with van der Waals surface area (Å²) in [6.07, 6.45) is 4.62. The molecular formula is C21H25BrN2O2. The fourth-order valence-corrected chi connectivity index (χ4v) is 3.88. The van der Waals surface area contributed by atoms with Gasteiger partial charge in [0.2, 0.25) is 5.91 Å². The van der Waals surface area contributed by atoms with Gasteiger partial charge in [0, 0.05) is 10.5 Å². The highest BCUT2D eigenvalue weighted by Gasteiger charge is 2.24. The van der Waals surface area contributed by atoms with Crippen molar-refractivity contribution in [3.8, 4) is 5.75 Å². The minimum atomic E-state index is 0.0253. The molecule has 1 N–H and O–H groups in total. The third-order valence-electron chi connectivity index (χ3n) is 4.86. The van der Waals surface area contributed by atoms with E-state index in [2.05, 4.69) is 38.3 Å². The monoisotopic (exact) mass is 416 g/mol. The van der Waals surface area contributed by atoms with E-state index < -0.39 is 0 Å². The van der Waals surface area contributed by atoms with Gasteiger partial charge in [-0.05, 0) is 65.1 Å². The van der Waals surface area contributed by atoms with Crippen molar-refractivity contribution < 1.29 is 9.53 Å². The van der Waals surface area contributed by atoms with Crippen LogP contribution in [-0.4, -0.2) is 31.0 Å². The number of amides is 1. The Hall–Kier alpha value is -1.85. The Labute approximate surface area is 163 Å². The normalized spacial score (nSPS) is 18.2. The fraction of sp³-hybridized carbons (Fsp3) is 0.381. The molecule has 4 nitrogen and oxygen atoms in total. The summed E-state index contributed by atoms with van der Waals surface area (Å²) in [6, 6.07) is 16.2. The zero-order valence-electron chi connectivity index (χ0n) is 15.1. The second-order valence-corrected chi connectivity index (χ2v) is 7.49. The smallest absolute Gasteiger partial charge is 0.238 e. The van der Waals surface area contributed by atoms with Crippen molar-refractivity contribution in [1.29, 1.82) is 0 Å². The number of halogens is 1. The van der Waals surface area contributed by atoms with Crippen molar-refractivity contribution in [2.45, 2.75) is 31.7 Å². The zero-order valence-corrected chi connectivity index (χ0v) is 16.7. The topological polar surface area (TPSA) is 41.6 Å². The summed E-state index contributed by atoms with van der Waals surface area (Å²) in [5, 5.41) is 3.02. The number of benzene rings is 2. The highest BCUT2D eigenvalue weighted by atomic mass is 79.9. The molecular weight excluding hydrogens is 392 g/mol. The number of carbonyl (C=O) groups excluding carboxylic acids is 1. The first-order valence-electron chi connectivity index (χ1n) is 9.10. The zero-order chi connectivity index (χ0) is 18.4. The van der Waals surface area contributed by atoms with Crippen LogP contribution in [0.4, 0.5) is 5.69 Å². The Morgan fingerprint density at radius 3 is 2.65 bits per heavy atom. The number of para-hydroxylation sites is 1. The lowest BCUT2D eigenvalue weighted by Gasteiger charge is -2.30. The molecule has 26 heavy (non-hydrogen) atoms. The van der Waals surface area contributed by atoms with Gasteiger partial charge in [0.05, 0.1) is 19.3 Å². The van der Waals surface area contributed by atoms with Crippen LogP contribution >= 0.6 is 15.9 Å². The third-order valence-corrected chi connectivity index (χ3v) is 5.55. The maximum atomic E-state index is 12.6. The molecule has 5 heteroatoms. The maximum absolute atomic E-state index is 12.6. The number of anilines is 1. The van der Waals surface area contributed by atoms with E-state index in [1.54, 1.807) is 7.11 Å². The van der Waals surface area contributed by atoms with E-state index in [4.69, 9.17) is 4.74 Å². The molecule has 2 aromatic carbocycles. The summed E-state index contributed by atoms with van der Waals surface area (Å²) in [5.41, 5.74) is 2.06. The van der Waals surface area contributed by atoms with Crippen LogP contribution in [0.1, 0.15) is 37.3 Å². The summed E-state index contributed by atoms with van der Waals surface area (Å²) >= 11 is 3.48. The Balaban J connectivity index is 1.71. The number of likely N-dealkylation sites (tertiary alicyclic amines) is 1. The molecule has 0 aliphatic carbocycles. The van der Waals surface area contributed by atoms with Gasteiger partial charge in [-0.2, -0.15) is 0 Å². The molecule has 1 amide bonds. The van der Waals surface area contributed by atoms with E-state index in [1.807, 2.05) is 36.4 Å². The van der Waals surface area contributed by atoms with Crippen molar-refractivity contribution in [1.82, 2.24) is 4.90 Å². The largest absolute Gasteiger partial charge is 0.497 e. The van der Waals surface area contributed by atoms with E-state index in [1.165, 1.54) is 18.4 Å². The van der Waals surface area contributed by atoms with Crippen molar-refractivity contribution in [3.63, 3.8) is 0 Å². The third kappa shape index (κ3) is 4.86. The average molecular weight is 417 g/mol. The molecule has 1 aliphatic rings. The van der Waals surface area contributed by atoms with Gasteiger partial charge in [0.15, 0.2) is 0 Å². The number of ether oxygens (including phenoxy) is 1. The predicted molar refractivity (Wildman–Crippen MR) is 109 cm³/mol. The number of nitrogens with one attached hydrogen (secondary N) is 1. The van der Waals surface area contributed by atoms with Crippen LogP contribution in [0.2, 0.25) is 0 Å². The molecule has 1 fully saturated rings. The maximum Gasteiger partial charge on any atom is 0.238 e. The molecule has 1 aliphatic heterocycles. The van der Waals surface area contributed by atoms with Crippen molar-refractivity contribution in [2.75, 3.05) is 25.5 Å². The van der Waals surface area contributed by atoms with E-state index in [0.29, 0.717) is 6.54 Å². The summed E-state index contributed by atoms with van der Waals surface area (Å²) in [5.74, 6) is 0.887. The molecule has 2 aromatic rings. The van der Waals surface area contributed by atoms with E-state index >= 15 is 0 Å². The molecule has 0 unspecified atom stereocenters. The van der Waals surface area contributed by atoms with Crippen LogP contribution in [0.5, 0.6) is 5.75 Å². The van der Waals surface area contributed by atoms with Gasteiger partial charge in [0.1, 0.15) is 5.75 Å². The quantitative estimate of drug-likeness (QED) is 0.744. The summed E-state index contributed by atoms with van der Waals surface area (Å²) in [6.45, 7) is 1.35. The van der Waals surface area contributed by atoms with Crippen molar-refractivity contribution in [3.05, 3.63) is 58.6 Å². The van der Waals surface area contributed by atoms with Crippen LogP contribution in [0, 0.1) is 0 Å². The minimum absolute atomic E-state index is 0.0253. The standard InChI is InChI=1S/C21H25BrN2O2/c1-26-17-12-10-16(11-13-17)20-9-3-2-6-14-24(20)15-21(25)23-19-8-5-4-7-18(19)22/h4-5,7-8,10-13,20H,2-3,6,9,14-15H2,1H3,(H,23,25)/t20-/m1/s1. The summed E-state index contributed by atoms with van der Waals surface area (Å²) in [7, 11) is 1.68. The predicted octanol–water partition coefficient (Wildman–Crippen LogP) is 5.01. The molecule has 0 bridgehead atoms. The van der Waals surface area contributed by atoms with Crippen molar-refractivity contribution in [2.24, 2.45) is 0 Å². The summed E-state index contributed by atoms with van der Waals surface area (Å²) < 4.78 is 6.17. The second kappa shape index (κ2) is 9.19. The van der Waals surface area contributed by atoms with Gasteiger partial charge in [-0.25, -0.2) is 0 Å². The van der Waals surface area contributed by atoms with Crippen LogP contribution in [0.3, 0.4) is 0 Å².